The van der Waals surface area contributed by atoms with E-state index in [9.17, 15) is 4.79 Å². The van der Waals surface area contributed by atoms with Crippen LogP contribution in [0.15, 0.2) is 34.7 Å². The number of rotatable bonds is 3. The molecule has 6 heteroatoms. The lowest BCUT2D eigenvalue weighted by Crippen LogP contribution is -2.36. The molecule has 2 aliphatic rings. The highest BCUT2D eigenvalue weighted by Gasteiger charge is 2.34. The van der Waals surface area contributed by atoms with Crippen molar-refractivity contribution in [2.45, 2.75) is 25.3 Å². The third kappa shape index (κ3) is 2.67. The Labute approximate surface area is 138 Å². The highest BCUT2D eigenvalue weighted by atomic mass is 32.2. The van der Waals surface area contributed by atoms with Gasteiger partial charge in [-0.3, -0.25) is 4.79 Å². The van der Waals surface area contributed by atoms with Crippen molar-refractivity contribution in [2.24, 2.45) is 0 Å². The molecule has 2 aromatic rings. The van der Waals surface area contributed by atoms with Gasteiger partial charge in [0.1, 0.15) is 16.9 Å². The first-order valence-corrected chi connectivity index (χ1v) is 8.62. The molecule has 4 rings (SSSR count). The van der Waals surface area contributed by atoms with Crippen LogP contribution in [0, 0.1) is 6.92 Å². The van der Waals surface area contributed by atoms with Gasteiger partial charge in [0.15, 0.2) is 11.5 Å². The van der Waals surface area contributed by atoms with E-state index in [1.54, 1.807) is 11.8 Å². The van der Waals surface area contributed by atoms with Crippen LogP contribution in [0.1, 0.15) is 28.9 Å². The second-order valence-corrected chi connectivity index (χ2v) is 6.78. The number of thioether (sulfide) groups is 1. The Morgan fingerprint density at radius 2 is 2.17 bits per heavy atom. The van der Waals surface area contributed by atoms with Crippen molar-refractivity contribution in [2.75, 3.05) is 12.5 Å². The average molecular weight is 331 g/mol. The van der Waals surface area contributed by atoms with Gasteiger partial charge >= 0.3 is 0 Å². The zero-order chi connectivity index (χ0) is 15.8. The van der Waals surface area contributed by atoms with Gasteiger partial charge in [0.25, 0.3) is 0 Å². The Bertz CT molecular complexity index is 742. The van der Waals surface area contributed by atoms with E-state index in [4.69, 9.17) is 13.9 Å². The molecule has 23 heavy (non-hydrogen) atoms. The minimum Gasteiger partial charge on any atom is -0.464 e. The molecule has 1 atom stereocenters. The zero-order valence-electron chi connectivity index (χ0n) is 12.8. The second kappa shape index (κ2) is 5.85. The van der Waals surface area contributed by atoms with Gasteiger partial charge < -0.3 is 18.8 Å². The van der Waals surface area contributed by atoms with E-state index >= 15 is 0 Å². The normalized spacial score (nSPS) is 20.1. The average Bonchev–Trinajstić information content (AvgIpc) is 3.18. The molecule has 1 fully saturated rings. The summed E-state index contributed by atoms with van der Waals surface area (Å²) in [6.45, 7) is 2.60. The summed E-state index contributed by atoms with van der Waals surface area (Å²) in [7, 11) is 0. The molecule has 2 aliphatic heterocycles. The Kier molecular flexibility index (Phi) is 3.69. The first-order valence-electron chi connectivity index (χ1n) is 7.57. The molecule has 1 aromatic heterocycles. The number of ether oxygens (including phenoxy) is 2. The Morgan fingerprint density at radius 1 is 1.26 bits per heavy atom. The van der Waals surface area contributed by atoms with Crippen LogP contribution in [-0.2, 0) is 11.3 Å². The van der Waals surface area contributed by atoms with Gasteiger partial charge in [-0.05, 0) is 25.1 Å². The van der Waals surface area contributed by atoms with Gasteiger partial charge in [0.05, 0.1) is 6.54 Å². The number of para-hydroxylation sites is 1. The van der Waals surface area contributed by atoms with Crippen LogP contribution < -0.4 is 9.47 Å². The topological polar surface area (TPSA) is 51.9 Å². The second-order valence-electron chi connectivity index (χ2n) is 5.59. The number of hydrogen-bond donors (Lipinski definition) is 0. The lowest BCUT2D eigenvalue weighted by Gasteiger charge is -2.35. The summed E-state index contributed by atoms with van der Waals surface area (Å²) in [4.78, 5) is 14.4. The Balaban J connectivity index is 1.67. The summed E-state index contributed by atoms with van der Waals surface area (Å²) >= 11 is 1.75. The van der Waals surface area contributed by atoms with Crippen molar-refractivity contribution in [1.82, 2.24) is 4.90 Å². The molecule has 0 radical (unpaired) electrons. The fourth-order valence-electron chi connectivity index (χ4n) is 2.94. The highest BCUT2D eigenvalue weighted by Crippen LogP contribution is 2.46. The largest absolute Gasteiger partial charge is 0.464 e. The van der Waals surface area contributed by atoms with Crippen LogP contribution in [-0.4, -0.2) is 23.4 Å². The number of carbonyl (C=O) groups is 1. The molecule has 0 saturated carbocycles. The first-order chi connectivity index (χ1) is 11.2. The minimum absolute atomic E-state index is 0.0849. The van der Waals surface area contributed by atoms with Gasteiger partial charge in [-0.1, -0.05) is 12.1 Å². The van der Waals surface area contributed by atoms with Gasteiger partial charge in [-0.2, -0.15) is 0 Å². The number of aryl methyl sites for hydroxylation is 1. The number of furan rings is 1. The molecule has 1 unspecified atom stereocenters. The van der Waals surface area contributed by atoms with Crippen LogP contribution >= 0.6 is 11.8 Å². The number of hydrogen-bond acceptors (Lipinski definition) is 5. The predicted octanol–water partition coefficient (Wildman–Crippen LogP) is 3.48. The van der Waals surface area contributed by atoms with Crippen LogP contribution in [0.25, 0.3) is 0 Å². The van der Waals surface area contributed by atoms with Crippen LogP contribution in [0.5, 0.6) is 11.5 Å². The lowest BCUT2D eigenvalue weighted by molar-refractivity contribution is -0.133. The molecule has 1 amide bonds. The van der Waals surface area contributed by atoms with E-state index in [2.05, 4.69) is 0 Å². The smallest absolute Gasteiger partial charge is 0.231 e. The maximum atomic E-state index is 12.5. The number of fused-ring (bicyclic) bond motifs is 1. The Morgan fingerprint density at radius 3 is 3.00 bits per heavy atom. The standard InChI is InChI=1S/C17H17NO4S/c1-11-5-6-12(22-11)9-18-15(19)7-8-23-17(18)13-3-2-4-14-16(13)21-10-20-14/h2-6,17H,7-10H2,1H3. The summed E-state index contributed by atoms with van der Waals surface area (Å²) in [6, 6.07) is 9.68. The molecule has 0 bridgehead atoms. The highest BCUT2D eigenvalue weighted by molar-refractivity contribution is 7.99. The van der Waals surface area contributed by atoms with Gasteiger partial charge in [-0.15, -0.1) is 11.8 Å². The quantitative estimate of drug-likeness (QED) is 0.862. The minimum atomic E-state index is -0.0849. The van der Waals surface area contributed by atoms with Gasteiger partial charge in [-0.25, -0.2) is 0 Å². The molecule has 1 aromatic carbocycles. The summed E-state index contributed by atoms with van der Waals surface area (Å²) in [5.41, 5.74) is 0.987. The zero-order valence-corrected chi connectivity index (χ0v) is 13.6. The van der Waals surface area contributed by atoms with Crippen molar-refractivity contribution in [3.8, 4) is 11.5 Å². The lowest BCUT2D eigenvalue weighted by atomic mass is 10.1. The van der Waals surface area contributed by atoms with Crippen LogP contribution in [0.4, 0.5) is 0 Å². The molecule has 0 spiro atoms. The van der Waals surface area contributed by atoms with Gasteiger partial charge in [0, 0.05) is 17.7 Å². The fourth-order valence-corrected chi connectivity index (χ4v) is 4.19. The fraction of sp³-hybridized carbons (Fsp3) is 0.353. The molecule has 1 saturated heterocycles. The SMILES string of the molecule is Cc1ccc(CN2C(=O)CCSC2c2cccc3c2OCO3)o1. The summed E-state index contributed by atoms with van der Waals surface area (Å²) in [5, 5.41) is -0.0849. The third-order valence-corrected chi connectivity index (χ3v) is 5.27. The summed E-state index contributed by atoms with van der Waals surface area (Å²) in [5.74, 6) is 4.09. The number of nitrogens with zero attached hydrogens (tertiary/aromatic N) is 1. The van der Waals surface area contributed by atoms with E-state index in [1.807, 2.05) is 42.2 Å². The summed E-state index contributed by atoms with van der Waals surface area (Å²) < 4.78 is 16.7. The molecule has 3 heterocycles. The maximum absolute atomic E-state index is 12.5. The number of carbonyl (C=O) groups excluding carboxylic acids is 1. The third-order valence-electron chi connectivity index (χ3n) is 4.01. The molecular weight excluding hydrogens is 314 g/mol. The molecule has 5 nitrogen and oxygen atoms in total. The molecule has 0 N–H and O–H groups in total. The van der Waals surface area contributed by atoms with Crippen molar-refractivity contribution in [1.29, 1.82) is 0 Å². The molecular formula is C17H17NO4S. The summed E-state index contributed by atoms with van der Waals surface area (Å²) in [6.07, 6.45) is 0.549. The number of benzene rings is 1. The van der Waals surface area contributed by atoms with Crippen molar-refractivity contribution >= 4 is 17.7 Å². The van der Waals surface area contributed by atoms with E-state index < -0.39 is 0 Å². The first kappa shape index (κ1) is 14.5. The van der Waals surface area contributed by atoms with Crippen molar-refractivity contribution in [3.05, 3.63) is 47.4 Å². The maximum Gasteiger partial charge on any atom is 0.231 e. The molecule has 120 valence electrons. The van der Waals surface area contributed by atoms with Crippen LogP contribution in [0.2, 0.25) is 0 Å². The van der Waals surface area contributed by atoms with Crippen LogP contribution in [0.3, 0.4) is 0 Å². The predicted molar refractivity (Wildman–Crippen MR) is 86.4 cm³/mol. The van der Waals surface area contributed by atoms with E-state index in [-0.39, 0.29) is 18.1 Å². The van der Waals surface area contributed by atoms with Gasteiger partial charge in [0.2, 0.25) is 12.7 Å². The monoisotopic (exact) mass is 331 g/mol. The Hall–Kier alpha value is -2.08. The van der Waals surface area contributed by atoms with E-state index in [0.717, 1.165) is 34.3 Å². The number of amides is 1. The van der Waals surface area contributed by atoms with E-state index in [1.165, 1.54) is 0 Å². The van der Waals surface area contributed by atoms with Crippen molar-refractivity contribution in [3.63, 3.8) is 0 Å². The van der Waals surface area contributed by atoms with Crippen molar-refractivity contribution < 1.29 is 18.7 Å². The van der Waals surface area contributed by atoms with E-state index in [0.29, 0.717) is 13.0 Å². The molecule has 0 aliphatic carbocycles.